The molecule has 1 heteroatoms. The van der Waals surface area contributed by atoms with Crippen LogP contribution < -0.4 is 5.32 Å². The molecule has 0 saturated heterocycles. The number of hydrogen-bond acceptors (Lipinski definition) is 1. The van der Waals surface area contributed by atoms with Gasteiger partial charge in [0.05, 0.1) is 0 Å². The molecule has 2 atom stereocenters. The normalized spacial score (nSPS) is 22.3. The van der Waals surface area contributed by atoms with E-state index >= 15 is 0 Å². The maximum Gasteiger partial charge on any atom is 0.0394 e. The fourth-order valence-corrected chi connectivity index (χ4v) is 3.28. The molecular weight excluding hydrogens is 230 g/mol. The summed E-state index contributed by atoms with van der Waals surface area (Å²) in [7, 11) is 0. The molecule has 1 aliphatic rings. The molecule has 1 heterocycles. The fraction of sp³-hybridized carbons (Fsp3) is 0.333. The summed E-state index contributed by atoms with van der Waals surface area (Å²) >= 11 is 0. The predicted molar refractivity (Wildman–Crippen MR) is 80.0 cm³/mol. The van der Waals surface area contributed by atoms with Crippen molar-refractivity contribution < 1.29 is 0 Å². The predicted octanol–water partition coefficient (Wildman–Crippen LogP) is 4.27. The highest BCUT2D eigenvalue weighted by molar-refractivity contribution is 5.37. The molecule has 0 bridgehead atoms. The van der Waals surface area contributed by atoms with Gasteiger partial charge in [0.15, 0.2) is 0 Å². The molecule has 2 aromatic carbocycles. The maximum atomic E-state index is 3.72. The van der Waals surface area contributed by atoms with Crippen molar-refractivity contribution in [2.24, 2.45) is 5.92 Å². The molecule has 19 heavy (non-hydrogen) atoms. The lowest BCUT2D eigenvalue weighted by Crippen LogP contribution is -2.34. The van der Waals surface area contributed by atoms with Crippen molar-refractivity contribution >= 4 is 0 Å². The zero-order valence-corrected chi connectivity index (χ0v) is 11.6. The quantitative estimate of drug-likeness (QED) is 0.840. The van der Waals surface area contributed by atoms with Crippen LogP contribution in [0.1, 0.15) is 42.5 Å². The zero-order valence-electron chi connectivity index (χ0n) is 11.6. The second-order valence-corrected chi connectivity index (χ2v) is 5.74. The first-order chi connectivity index (χ1) is 9.27. The highest BCUT2D eigenvalue weighted by Crippen LogP contribution is 2.41. The molecule has 0 saturated carbocycles. The van der Waals surface area contributed by atoms with Crippen molar-refractivity contribution in [1.29, 1.82) is 0 Å². The lowest BCUT2D eigenvalue weighted by atomic mass is 9.75. The average Bonchev–Trinajstić information content (AvgIpc) is 2.46. The second-order valence-electron chi connectivity index (χ2n) is 5.74. The van der Waals surface area contributed by atoms with Gasteiger partial charge in [-0.2, -0.15) is 0 Å². The second kappa shape index (κ2) is 5.18. The topological polar surface area (TPSA) is 12.0 Å². The number of benzene rings is 2. The minimum atomic E-state index is 0.427. The molecule has 0 aliphatic carbocycles. The van der Waals surface area contributed by atoms with E-state index in [0.717, 1.165) is 6.54 Å². The van der Waals surface area contributed by atoms with Gasteiger partial charge in [0, 0.05) is 18.5 Å². The average molecular weight is 251 g/mol. The van der Waals surface area contributed by atoms with E-state index in [4.69, 9.17) is 0 Å². The zero-order chi connectivity index (χ0) is 13.2. The Morgan fingerprint density at radius 1 is 0.947 bits per heavy atom. The first-order valence-corrected chi connectivity index (χ1v) is 7.13. The summed E-state index contributed by atoms with van der Waals surface area (Å²) in [5.74, 6) is 1.17. The maximum absolute atomic E-state index is 3.72. The monoisotopic (exact) mass is 251 g/mol. The van der Waals surface area contributed by atoms with E-state index in [1.807, 2.05) is 0 Å². The minimum absolute atomic E-state index is 0.427. The van der Waals surface area contributed by atoms with Crippen molar-refractivity contribution in [1.82, 2.24) is 5.32 Å². The highest BCUT2D eigenvalue weighted by atomic mass is 14.9. The summed E-state index contributed by atoms with van der Waals surface area (Å²) < 4.78 is 0. The smallest absolute Gasteiger partial charge is 0.0394 e. The Hall–Kier alpha value is -1.60. The van der Waals surface area contributed by atoms with E-state index in [9.17, 15) is 0 Å². The van der Waals surface area contributed by atoms with Crippen molar-refractivity contribution in [3.8, 4) is 0 Å². The van der Waals surface area contributed by atoms with E-state index < -0.39 is 0 Å². The molecule has 0 radical (unpaired) electrons. The van der Waals surface area contributed by atoms with Crippen LogP contribution in [0.5, 0.6) is 0 Å². The molecule has 2 unspecified atom stereocenters. The summed E-state index contributed by atoms with van der Waals surface area (Å²) in [6.07, 6.45) is 0. The van der Waals surface area contributed by atoms with Gasteiger partial charge in [-0.15, -0.1) is 0 Å². The van der Waals surface area contributed by atoms with Crippen molar-refractivity contribution in [3.63, 3.8) is 0 Å². The Labute approximate surface area is 115 Å². The Bertz CT molecular complexity index is 545. The third-order valence-corrected chi connectivity index (χ3v) is 4.16. The van der Waals surface area contributed by atoms with Gasteiger partial charge in [0.1, 0.15) is 0 Å². The molecule has 1 aliphatic heterocycles. The van der Waals surface area contributed by atoms with Gasteiger partial charge in [0.25, 0.3) is 0 Å². The van der Waals surface area contributed by atoms with E-state index in [2.05, 4.69) is 73.8 Å². The van der Waals surface area contributed by atoms with Gasteiger partial charge in [-0.25, -0.2) is 0 Å². The Morgan fingerprint density at radius 3 is 2.37 bits per heavy atom. The Morgan fingerprint density at radius 2 is 1.63 bits per heavy atom. The molecule has 0 spiro atoms. The standard InChI is InChI=1S/C18H21N/c1-13(2)17-16-11-7-6-10-15(16)12-19-18(17)14-8-4-3-5-9-14/h3-11,13,17-19H,12H2,1-2H3. The largest absolute Gasteiger partial charge is 0.305 e. The van der Waals surface area contributed by atoms with Crippen LogP contribution in [0.15, 0.2) is 54.6 Å². The summed E-state index contributed by atoms with van der Waals surface area (Å²) in [4.78, 5) is 0. The summed E-state index contributed by atoms with van der Waals surface area (Å²) in [6, 6.07) is 20.1. The first kappa shape index (κ1) is 12.4. The fourth-order valence-electron chi connectivity index (χ4n) is 3.28. The van der Waals surface area contributed by atoms with Crippen LogP contribution in [0.3, 0.4) is 0 Å². The lowest BCUT2D eigenvalue weighted by Gasteiger charge is -2.37. The summed E-state index contributed by atoms with van der Waals surface area (Å²) in [5, 5.41) is 3.72. The highest BCUT2D eigenvalue weighted by Gasteiger charge is 2.31. The SMILES string of the molecule is CC(C)C1c2ccccc2CNC1c1ccccc1. The van der Waals surface area contributed by atoms with Crippen molar-refractivity contribution in [2.45, 2.75) is 32.4 Å². The molecule has 0 fully saturated rings. The Kier molecular flexibility index (Phi) is 3.39. The van der Waals surface area contributed by atoms with Gasteiger partial charge >= 0.3 is 0 Å². The third-order valence-electron chi connectivity index (χ3n) is 4.16. The van der Waals surface area contributed by atoms with Crippen LogP contribution in [0, 0.1) is 5.92 Å². The van der Waals surface area contributed by atoms with E-state index in [-0.39, 0.29) is 0 Å². The summed E-state index contributed by atoms with van der Waals surface area (Å²) in [6.45, 7) is 5.62. The lowest BCUT2D eigenvalue weighted by molar-refractivity contribution is 0.340. The molecule has 1 N–H and O–H groups in total. The van der Waals surface area contributed by atoms with Crippen LogP contribution in [-0.2, 0) is 6.54 Å². The molecule has 2 aromatic rings. The van der Waals surface area contributed by atoms with E-state index in [1.165, 1.54) is 16.7 Å². The van der Waals surface area contributed by atoms with Crippen LogP contribution in [0.2, 0.25) is 0 Å². The van der Waals surface area contributed by atoms with Crippen LogP contribution in [0.25, 0.3) is 0 Å². The van der Waals surface area contributed by atoms with Gasteiger partial charge in [-0.05, 0) is 22.6 Å². The van der Waals surface area contributed by atoms with E-state index in [1.54, 1.807) is 0 Å². The molecule has 98 valence electrons. The van der Waals surface area contributed by atoms with Gasteiger partial charge in [-0.3, -0.25) is 0 Å². The van der Waals surface area contributed by atoms with Gasteiger partial charge in [-0.1, -0.05) is 68.4 Å². The van der Waals surface area contributed by atoms with E-state index in [0.29, 0.717) is 17.9 Å². The first-order valence-electron chi connectivity index (χ1n) is 7.13. The molecular formula is C18H21N. The van der Waals surface area contributed by atoms with Crippen LogP contribution >= 0.6 is 0 Å². The van der Waals surface area contributed by atoms with Gasteiger partial charge in [0.2, 0.25) is 0 Å². The van der Waals surface area contributed by atoms with Crippen molar-refractivity contribution in [3.05, 3.63) is 71.3 Å². The number of fused-ring (bicyclic) bond motifs is 1. The Balaban J connectivity index is 2.04. The number of nitrogens with one attached hydrogen (secondary N) is 1. The molecule has 0 aromatic heterocycles. The molecule has 1 nitrogen and oxygen atoms in total. The number of rotatable bonds is 2. The van der Waals surface area contributed by atoms with Crippen LogP contribution in [0.4, 0.5) is 0 Å². The van der Waals surface area contributed by atoms with Gasteiger partial charge < -0.3 is 5.32 Å². The molecule has 3 rings (SSSR count). The minimum Gasteiger partial charge on any atom is -0.305 e. The van der Waals surface area contributed by atoms with Crippen molar-refractivity contribution in [2.75, 3.05) is 0 Å². The van der Waals surface area contributed by atoms with Crippen LogP contribution in [-0.4, -0.2) is 0 Å². The number of hydrogen-bond donors (Lipinski definition) is 1. The summed E-state index contributed by atoms with van der Waals surface area (Å²) in [5.41, 5.74) is 4.37. The third kappa shape index (κ3) is 2.31. The molecule has 0 amide bonds.